The van der Waals surface area contributed by atoms with Crippen LogP contribution in [0.5, 0.6) is 0 Å². The third kappa shape index (κ3) is 1.68. The molecular weight excluding hydrogens is 190 g/mol. The van der Waals surface area contributed by atoms with Crippen molar-refractivity contribution in [1.82, 2.24) is 5.32 Å². The lowest BCUT2D eigenvalue weighted by Gasteiger charge is -2.38. The van der Waals surface area contributed by atoms with Crippen molar-refractivity contribution < 1.29 is 9.59 Å². The Bertz CT molecular complexity index is 300. The summed E-state index contributed by atoms with van der Waals surface area (Å²) < 4.78 is 0. The number of carbonyl (C=O) groups is 2. The average Bonchev–Trinajstić information content (AvgIpc) is 2.59. The van der Waals surface area contributed by atoms with Crippen molar-refractivity contribution in [3.05, 3.63) is 0 Å². The number of amides is 2. The minimum absolute atomic E-state index is 0.00625. The molecule has 0 radical (unpaired) electrons. The van der Waals surface area contributed by atoms with Gasteiger partial charge in [0.15, 0.2) is 0 Å². The molecule has 0 aromatic heterocycles. The number of hydrogen-bond acceptors (Lipinski definition) is 2. The van der Waals surface area contributed by atoms with Crippen molar-refractivity contribution >= 4 is 11.8 Å². The molecule has 0 aromatic rings. The second kappa shape index (κ2) is 3.62. The van der Waals surface area contributed by atoms with Gasteiger partial charge in [0.1, 0.15) is 0 Å². The van der Waals surface area contributed by atoms with Gasteiger partial charge < -0.3 is 0 Å². The zero-order chi connectivity index (χ0) is 11.1. The van der Waals surface area contributed by atoms with Crippen LogP contribution in [0.15, 0.2) is 0 Å². The third-order valence-electron chi connectivity index (χ3n) is 4.41. The largest absolute Gasteiger partial charge is 0.296 e. The standard InChI is InChI=1S/C12H19NO2/c1-3-9-4-5-12(6-9)7-10(14)13-11(15)8(12)2/h8-9H,3-7H2,1-2H3,(H,13,14,15). The zero-order valence-electron chi connectivity index (χ0n) is 9.51. The number of rotatable bonds is 1. The fraction of sp³-hybridized carbons (Fsp3) is 0.833. The van der Waals surface area contributed by atoms with Crippen LogP contribution >= 0.6 is 0 Å². The summed E-state index contributed by atoms with van der Waals surface area (Å²) in [6.45, 7) is 4.17. The van der Waals surface area contributed by atoms with E-state index in [4.69, 9.17) is 0 Å². The van der Waals surface area contributed by atoms with Gasteiger partial charge in [0, 0.05) is 12.3 Å². The summed E-state index contributed by atoms with van der Waals surface area (Å²) in [5, 5.41) is 2.44. The van der Waals surface area contributed by atoms with Gasteiger partial charge in [-0.05, 0) is 30.6 Å². The smallest absolute Gasteiger partial charge is 0.229 e. The molecule has 1 saturated heterocycles. The molecule has 2 rings (SSSR count). The molecule has 84 valence electrons. The van der Waals surface area contributed by atoms with Crippen molar-refractivity contribution in [2.75, 3.05) is 0 Å². The van der Waals surface area contributed by atoms with Gasteiger partial charge in [-0.1, -0.05) is 20.3 Å². The minimum atomic E-state index is -0.0742. The Morgan fingerprint density at radius 1 is 1.47 bits per heavy atom. The molecule has 1 aliphatic heterocycles. The first-order chi connectivity index (χ1) is 7.07. The van der Waals surface area contributed by atoms with Gasteiger partial charge in [-0.3, -0.25) is 14.9 Å². The molecule has 1 spiro atoms. The maximum absolute atomic E-state index is 11.6. The molecule has 0 bridgehead atoms. The van der Waals surface area contributed by atoms with Crippen molar-refractivity contribution in [3.63, 3.8) is 0 Å². The minimum Gasteiger partial charge on any atom is -0.296 e. The summed E-state index contributed by atoms with van der Waals surface area (Å²) in [7, 11) is 0. The van der Waals surface area contributed by atoms with E-state index in [0.29, 0.717) is 12.3 Å². The Morgan fingerprint density at radius 2 is 2.20 bits per heavy atom. The molecule has 15 heavy (non-hydrogen) atoms. The summed E-state index contributed by atoms with van der Waals surface area (Å²) in [5.41, 5.74) is -0.0138. The normalized spacial score (nSPS) is 40.9. The molecule has 3 nitrogen and oxygen atoms in total. The maximum atomic E-state index is 11.6. The van der Waals surface area contributed by atoms with E-state index in [1.54, 1.807) is 0 Å². The molecule has 1 saturated carbocycles. The van der Waals surface area contributed by atoms with Gasteiger partial charge >= 0.3 is 0 Å². The molecule has 2 amide bonds. The number of hydrogen-bond donors (Lipinski definition) is 1. The van der Waals surface area contributed by atoms with Crippen LogP contribution in [-0.2, 0) is 9.59 Å². The monoisotopic (exact) mass is 209 g/mol. The highest BCUT2D eigenvalue weighted by Crippen LogP contribution is 2.51. The van der Waals surface area contributed by atoms with Crippen molar-refractivity contribution in [2.24, 2.45) is 17.3 Å². The van der Waals surface area contributed by atoms with E-state index in [1.807, 2.05) is 6.92 Å². The van der Waals surface area contributed by atoms with E-state index in [2.05, 4.69) is 12.2 Å². The van der Waals surface area contributed by atoms with E-state index >= 15 is 0 Å². The summed E-state index contributed by atoms with van der Waals surface area (Å²) in [5.74, 6) is 0.579. The molecule has 3 unspecified atom stereocenters. The number of nitrogens with one attached hydrogen (secondary N) is 1. The van der Waals surface area contributed by atoms with Gasteiger partial charge in [-0.2, -0.15) is 0 Å². The highest BCUT2D eigenvalue weighted by molar-refractivity contribution is 5.99. The number of carbonyl (C=O) groups excluding carboxylic acids is 2. The number of imide groups is 1. The molecule has 0 aromatic carbocycles. The van der Waals surface area contributed by atoms with E-state index in [0.717, 1.165) is 12.8 Å². The molecule has 3 atom stereocenters. The molecule has 3 heteroatoms. The topological polar surface area (TPSA) is 46.2 Å². The van der Waals surface area contributed by atoms with Crippen molar-refractivity contribution in [3.8, 4) is 0 Å². The summed E-state index contributed by atoms with van der Waals surface area (Å²) in [6.07, 6.45) is 5.01. The molecule has 1 aliphatic carbocycles. The number of piperidine rings is 1. The van der Waals surface area contributed by atoms with E-state index in [9.17, 15) is 9.59 Å². The lowest BCUT2D eigenvalue weighted by atomic mass is 9.69. The summed E-state index contributed by atoms with van der Waals surface area (Å²) in [6, 6.07) is 0. The van der Waals surface area contributed by atoms with Crippen LogP contribution in [0, 0.1) is 17.3 Å². The molecule has 1 heterocycles. The Morgan fingerprint density at radius 3 is 2.80 bits per heavy atom. The Balaban J connectivity index is 2.19. The van der Waals surface area contributed by atoms with E-state index < -0.39 is 0 Å². The lowest BCUT2D eigenvalue weighted by molar-refractivity contribution is -0.142. The second-order valence-electron chi connectivity index (χ2n) is 5.19. The molecule has 1 N–H and O–H groups in total. The predicted molar refractivity (Wildman–Crippen MR) is 57.0 cm³/mol. The summed E-state index contributed by atoms with van der Waals surface area (Å²) >= 11 is 0. The van der Waals surface area contributed by atoms with Gasteiger partial charge in [0.25, 0.3) is 0 Å². The van der Waals surface area contributed by atoms with Crippen LogP contribution in [-0.4, -0.2) is 11.8 Å². The molecular formula is C12H19NO2. The van der Waals surface area contributed by atoms with Crippen molar-refractivity contribution in [1.29, 1.82) is 0 Å². The quantitative estimate of drug-likeness (QED) is 0.670. The Labute approximate surface area is 90.6 Å². The van der Waals surface area contributed by atoms with Crippen LogP contribution in [0.2, 0.25) is 0 Å². The summed E-state index contributed by atoms with van der Waals surface area (Å²) in [4.78, 5) is 23.1. The van der Waals surface area contributed by atoms with Crippen molar-refractivity contribution in [2.45, 2.75) is 46.0 Å². The van der Waals surface area contributed by atoms with Gasteiger partial charge in [0.2, 0.25) is 11.8 Å². The predicted octanol–water partition coefficient (Wildman–Crippen LogP) is 1.87. The Hall–Kier alpha value is -0.860. The molecule has 2 aliphatic rings. The lowest BCUT2D eigenvalue weighted by Crippen LogP contribution is -2.50. The highest BCUT2D eigenvalue weighted by Gasteiger charge is 2.49. The van der Waals surface area contributed by atoms with Gasteiger partial charge in [-0.15, -0.1) is 0 Å². The maximum Gasteiger partial charge on any atom is 0.229 e. The molecule has 2 fully saturated rings. The van der Waals surface area contributed by atoms with Crippen LogP contribution in [0.3, 0.4) is 0 Å². The fourth-order valence-corrected chi connectivity index (χ4v) is 3.21. The first-order valence-electron chi connectivity index (χ1n) is 5.91. The fourth-order valence-electron chi connectivity index (χ4n) is 3.21. The van der Waals surface area contributed by atoms with Crippen LogP contribution in [0.4, 0.5) is 0 Å². The second-order valence-corrected chi connectivity index (χ2v) is 5.19. The van der Waals surface area contributed by atoms with Gasteiger partial charge in [-0.25, -0.2) is 0 Å². The van der Waals surface area contributed by atoms with Gasteiger partial charge in [0.05, 0.1) is 0 Å². The highest BCUT2D eigenvalue weighted by atomic mass is 16.2. The van der Waals surface area contributed by atoms with Crippen LogP contribution in [0.1, 0.15) is 46.0 Å². The first kappa shape index (κ1) is 10.7. The Kier molecular flexibility index (Phi) is 2.57. The average molecular weight is 209 g/mol. The third-order valence-corrected chi connectivity index (χ3v) is 4.41. The van der Waals surface area contributed by atoms with Crippen LogP contribution in [0.25, 0.3) is 0 Å². The van der Waals surface area contributed by atoms with E-state index in [-0.39, 0.29) is 23.1 Å². The van der Waals surface area contributed by atoms with Crippen LogP contribution < -0.4 is 5.32 Å². The zero-order valence-corrected chi connectivity index (χ0v) is 9.51. The van der Waals surface area contributed by atoms with E-state index in [1.165, 1.54) is 12.8 Å². The first-order valence-corrected chi connectivity index (χ1v) is 5.91. The SMILES string of the molecule is CCC1CCC2(CC(=O)NC(=O)C2C)C1.